The van der Waals surface area contributed by atoms with Crippen LogP contribution in [0, 0.1) is 5.41 Å². The van der Waals surface area contributed by atoms with Crippen molar-refractivity contribution in [3.05, 3.63) is 66.0 Å². The summed E-state index contributed by atoms with van der Waals surface area (Å²) in [6, 6.07) is 16.2. The summed E-state index contributed by atoms with van der Waals surface area (Å²) < 4.78 is 0. The van der Waals surface area contributed by atoms with Gasteiger partial charge in [0, 0.05) is 13.0 Å². The average Bonchev–Trinajstić information content (AvgIpc) is 3.55. The number of likely N-dealkylation sites (tertiary alicyclic amines) is 1. The lowest BCUT2D eigenvalue weighted by Crippen LogP contribution is -2.50. The minimum Gasteiger partial charge on any atom is -0.345 e. The predicted octanol–water partition coefficient (Wildman–Crippen LogP) is 4.81. The number of imidazole rings is 1. The molecule has 1 aliphatic heterocycles. The summed E-state index contributed by atoms with van der Waals surface area (Å²) in [5.41, 5.74) is 2.77. The van der Waals surface area contributed by atoms with Crippen LogP contribution in [0.1, 0.15) is 83.3 Å². The van der Waals surface area contributed by atoms with Gasteiger partial charge in [-0.2, -0.15) is 0 Å². The van der Waals surface area contributed by atoms with Crippen molar-refractivity contribution < 1.29 is 14.4 Å². The summed E-state index contributed by atoms with van der Waals surface area (Å²) in [5.74, 6) is -0.146. The van der Waals surface area contributed by atoms with Crippen LogP contribution in [0.15, 0.2) is 54.6 Å². The Balaban J connectivity index is 1.47. The number of carbonyl (C=O) groups excluding carboxylic acids is 3. The Bertz CT molecular complexity index is 1230. The summed E-state index contributed by atoms with van der Waals surface area (Å²) in [6.45, 7) is 8.68. The maximum absolute atomic E-state index is 13.5. The van der Waals surface area contributed by atoms with Crippen LogP contribution in [0.2, 0.25) is 0 Å². The first-order chi connectivity index (χ1) is 18.1. The summed E-state index contributed by atoms with van der Waals surface area (Å²) in [5, 5.41) is 5.81. The van der Waals surface area contributed by atoms with E-state index >= 15 is 0 Å². The van der Waals surface area contributed by atoms with Gasteiger partial charge in [0.05, 0.1) is 29.5 Å². The van der Waals surface area contributed by atoms with E-state index in [4.69, 9.17) is 0 Å². The molecule has 2 heterocycles. The number of carbonyl (C=O) groups is 3. The Morgan fingerprint density at radius 1 is 1.05 bits per heavy atom. The van der Waals surface area contributed by atoms with Crippen LogP contribution in [-0.4, -0.2) is 45.2 Å². The van der Waals surface area contributed by atoms with Gasteiger partial charge in [-0.25, -0.2) is 4.98 Å². The largest absolute Gasteiger partial charge is 0.345 e. The number of rotatable bonds is 9. The van der Waals surface area contributed by atoms with E-state index in [0.717, 1.165) is 29.4 Å². The number of fused-ring (bicyclic) bond motifs is 1. The molecule has 8 nitrogen and oxygen atoms in total. The van der Waals surface area contributed by atoms with Gasteiger partial charge in [-0.3, -0.25) is 14.4 Å². The maximum Gasteiger partial charge on any atom is 0.243 e. The van der Waals surface area contributed by atoms with Gasteiger partial charge in [-0.05, 0) is 49.3 Å². The second-order valence-corrected chi connectivity index (χ2v) is 11.4. The Kier molecular flexibility index (Phi) is 8.49. The van der Waals surface area contributed by atoms with Crippen molar-refractivity contribution in [1.82, 2.24) is 25.5 Å². The zero-order chi connectivity index (χ0) is 27.3. The van der Waals surface area contributed by atoms with Gasteiger partial charge in [-0.1, -0.05) is 63.2 Å². The van der Waals surface area contributed by atoms with E-state index in [1.807, 2.05) is 66.4 Å². The Morgan fingerprint density at radius 3 is 2.47 bits per heavy atom. The van der Waals surface area contributed by atoms with E-state index in [9.17, 15) is 14.4 Å². The molecule has 0 saturated carbocycles. The fourth-order valence-electron chi connectivity index (χ4n) is 4.90. The van der Waals surface area contributed by atoms with Crippen molar-refractivity contribution in [3.63, 3.8) is 0 Å². The van der Waals surface area contributed by atoms with Crippen LogP contribution in [0.3, 0.4) is 0 Å². The van der Waals surface area contributed by atoms with E-state index in [1.165, 1.54) is 0 Å². The van der Waals surface area contributed by atoms with Crippen molar-refractivity contribution in [2.24, 2.45) is 5.41 Å². The second-order valence-electron chi connectivity index (χ2n) is 11.4. The van der Waals surface area contributed by atoms with Crippen molar-refractivity contribution >= 4 is 28.8 Å². The van der Waals surface area contributed by atoms with Crippen LogP contribution in [0.25, 0.3) is 11.0 Å². The minimum atomic E-state index is -0.973. The van der Waals surface area contributed by atoms with Crippen molar-refractivity contribution in [2.75, 3.05) is 6.54 Å². The number of para-hydroxylation sites is 2. The van der Waals surface area contributed by atoms with Gasteiger partial charge in [0.15, 0.2) is 0 Å². The van der Waals surface area contributed by atoms with Crippen LogP contribution < -0.4 is 10.6 Å². The lowest BCUT2D eigenvalue weighted by Gasteiger charge is -2.28. The second kappa shape index (κ2) is 11.8. The molecule has 3 amide bonds. The molecule has 0 radical (unpaired) electrons. The topological polar surface area (TPSA) is 107 Å². The molecule has 3 aromatic rings. The smallest absolute Gasteiger partial charge is 0.243 e. The van der Waals surface area contributed by atoms with Gasteiger partial charge in [0.2, 0.25) is 17.7 Å². The standard InChI is InChI=1S/C30H39N5O3/c1-20(28-33-22-13-8-9-14-23(22)34-28)31-29(38)24(32-26(36)16-17-30(2,3)4)19-27(37)35-18-10-15-25(35)21-11-6-5-7-12-21/h5-9,11-14,20,24-25H,10,15-19H2,1-4H3,(H,31,38)(H,32,36)(H,33,34)/t20?,24?,25-/m1/s1. The molecule has 3 atom stereocenters. The fraction of sp³-hybridized carbons (Fsp3) is 0.467. The zero-order valence-corrected chi connectivity index (χ0v) is 22.8. The third kappa shape index (κ3) is 7.00. The highest BCUT2D eigenvalue weighted by molar-refractivity contribution is 5.92. The number of H-pyrrole nitrogens is 1. The molecule has 38 heavy (non-hydrogen) atoms. The third-order valence-electron chi connectivity index (χ3n) is 7.07. The molecular formula is C30H39N5O3. The molecule has 0 spiro atoms. The van der Waals surface area contributed by atoms with Gasteiger partial charge >= 0.3 is 0 Å². The van der Waals surface area contributed by atoms with E-state index < -0.39 is 18.0 Å². The predicted molar refractivity (Wildman–Crippen MR) is 148 cm³/mol. The van der Waals surface area contributed by atoms with Crippen molar-refractivity contribution in [2.45, 2.75) is 77.9 Å². The number of aromatic nitrogens is 2. The first kappa shape index (κ1) is 27.4. The lowest BCUT2D eigenvalue weighted by molar-refractivity contribution is -0.137. The van der Waals surface area contributed by atoms with E-state index in [-0.39, 0.29) is 36.1 Å². The maximum atomic E-state index is 13.5. The Labute approximate surface area is 224 Å². The van der Waals surface area contributed by atoms with Crippen LogP contribution in [-0.2, 0) is 14.4 Å². The first-order valence-corrected chi connectivity index (χ1v) is 13.5. The van der Waals surface area contributed by atoms with E-state index in [1.54, 1.807) is 0 Å². The highest BCUT2D eigenvalue weighted by Crippen LogP contribution is 2.32. The summed E-state index contributed by atoms with van der Waals surface area (Å²) >= 11 is 0. The summed E-state index contributed by atoms with van der Waals surface area (Å²) in [4.78, 5) is 49.4. The molecule has 2 aromatic carbocycles. The number of hydrogen-bond donors (Lipinski definition) is 3. The molecule has 2 unspecified atom stereocenters. The van der Waals surface area contributed by atoms with Gasteiger partial charge in [0.1, 0.15) is 11.9 Å². The Hall–Kier alpha value is -3.68. The molecule has 1 aromatic heterocycles. The molecular weight excluding hydrogens is 478 g/mol. The van der Waals surface area contributed by atoms with E-state index in [2.05, 4.69) is 41.4 Å². The summed E-state index contributed by atoms with van der Waals surface area (Å²) in [7, 11) is 0. The molecule has 0 bridgehead atoms. The number of hydrogen-bond acceptors (Lipinski definition) is 4. The number of aromatic amines is 1. The summed E-state index contributed by atoms with van der Waals surface area (Å²) in [6.07, 6.45) is 2.66. The van der Waals surface area contributed by atoms with Crippen molar-refractivity contribution in [3.8, 4) is 0 Å². The monoisotopic (exact) mass is 517 g/mol. The average molecular weight is 518 g/mol. The highest BCUT2D eigenvalue weighted by atomic mass is 16.2. The number of benzene rings is 2. The molecule has 8 heteroatoms. The normalized spacial score (nSPS) is 17.3. The fourth-order valence-corrected chi connectivity index (χ4v) is 4.90. The molecule has 1 saturated heterocycles. The van der Waals surface area contributed by atoms with Gasteiger partial charge in [-0.15, -0.1) is 0 Å². The zero-order valence-electron chi connectivity index (χ0n) is 22.8. The van der Waals surface area contributed by atoms with Crippen molar-refractivity contribution in [1.29, 1.82) is 0 Å². The third-order valence-corrected chi connectivity index (χ3v) is 7.07. The molecule has 0 aliphatic carbocycles. The number of amides is 3. The molecule has 202 valence electrons. The van der Waals surface area contributed by atoms with Gasteiger partial charge in [0.25, 0.3) is 0 Å². The lowest BCUT2D eigenvalue weighted by atomic mass is 9.90. The Morgan fingerprint density at radius 2 is 1.76 bits per heavy atom. The van der Waals surface area contributed by atoms with Crippen LogP contribution in [0.5, 0.6) is 0 Å². The molecule has 4 rings (SSSR count). The van der Waals surface area contributed by atoms with Crippen LogP contribution in [0.4, 0.5) is 0 Å². The van der Waals surface area contributed by atoms with E-state index in [0.29, 0.717) is 18.8 Å². The number of nitrogens with zero attached hydrogens (tertiary/aromatic N) is 2. The molecule has 1 aliphatic rings. The SMILES string of the molecule is CC(NC(=O)C(CC(=O)N1CCC[C@@H]1c1ccccc1)NC(=O)CCC(C)(C)C)c1nc2ccccc2[nH]1. The highest BCUT2D eigenvalue weighted by Gasteiger charge is 2.34. The molecule has 1 fully saturated rings. The van der Waals surface area contributed by atoms with Gasteiger partial charge < -0.3 is 20.5 Å². The minimum absolute atomic E-state index is 0.0147. The molecule has 3 N–H and O–H groups in total. The van der Waals surface area contributed by atoms with Crippen LogP contribution >= 0.6 is 0 Å². The number of nitrogens with one attached hydrogen (secondary N) is 3. The first-order valence-electron chi connectivity index (χ1n) is 13.5. The quantitative estimate of drug-likeness (QED) is 0.379.